The number of hydrogen-bond donors (Lipinski definition) is 2. The van der Waals surface area contributed by atoms with Gasteiger partial charge in [0.25, 0.3) is 0 Å². The summed E-state index contributed by atoms with van der Waals surface area (Å²) < 4.78 is 0. The Morgan fingerprint density at radius 2 is 2.41 bits per heavy atom. The predicted octanol–water partition coefficient (Wildman–Crippen LogP) is 2.41. The Hall–Kier alpha value is -1.11. The van der Waals surface area contributed by atoms with Crippen molar-refractivity contribution in [3.63, 3.8) is 0 Å². The van der Waals surface area contributed by atoms with Gasteiger partial charge >= 0.3 is 0 Å². The van der Waals surface area contributed by atoms with Crippen molar-refractivity contribution in [3.05, 3.63) is 34.8 Å². The van der Waals surface area contributed by atoms with Crippen LogP contribution in [0.2, 0.25) is 0 Å². The molecule has 90 valence electrons. The maximum atomic E-state index is 9.89. The van der Waals surface area contributed by atoms with Gasteiger partial charge in [0.2, 0.25) is 0 Å². The number of rotatable bonds is 5. The molecule has 0 saturated heterocycles. The molecule has 2 rings (SSSR count). The van der Waals surface area contributed by atoms with Crippen LogP contribution in [0.15, 0.2) is 34.2 Å². The standard InChI is InChI=1S/C11H13N3OS2/c1-16-11-4-10(13-7-14-11)12-5-9(15)8-2-3-17-6-8/h2-4,6-7,9,15H,5H2,1H3,(H,12,13,14). The molecule has 0 bridgehead atoms. The van der Waals surface area contributed by atoms with Crippen molar-refractivity contribution in [1.82, 2.24) is 9.97 Å². The fraction of sp³-hybridized carbons (Fsp3) is 0.273. The van der Waals surface area contributed by atoms with E-state index in [1.54, 1.807) is 23.1 Å². The lowest BCUT2D eigenvalue weighted by molar-refractivity contribution is 0.192. The summed E-state index contributed by atoms with van der Waals surface area (Å²) in [6, 6.07) is 3.79. The Morgan fingerprint density at radius 3 is 3.12 bits per heavy atom. The number of aliphatic hydroxyl groups is 1. The summed E-state index contributed by atoms with van der Waals surface area (Å²) >= 11 is 3.14. The van der Waals surface area contributed by atoms with Gasteiger partial charge in [-0.1, -0.05) is 0 Å². The first-order valence-electron chi connectivity index (χ1n) is 5.09. The molecule has 0 spiro atoms. The van der Waals surface area contributed by atoms with E-state index in [0.29, 0.717) is 6.54 Å². The molecule has 0 fully saturated rings. The zero-order chi connectivity index (χ0) is 12.1. The molecule has 1 unspecified atom stereocenters. The number of nitrogens with zero attached hydrogens (tertiary/aromatic N) is 2. The van der Waals surface area contributed by atoms with Gasteiger partial charge in [0.15, 0.2) is 0 Å². The number of aromatic nitrogens is 2. The summed E-state index contributed by atoms with van der Waals surface area (Å²) in [4.78, 5) is 8.18. The van der Waals surface area contributed by atoms with Gasteiger partial charge in [-0.3, -0.25) is 0 Å². The Bertz CT molecular complexity index is 461. The van der Waals surface area contributed by atoms with Crippen LogP contribution in [0.3, 0.4) is 0 Å². The van der Waals surface area contributed by atoms with Gasteiger partial charge in [0, 0.05) is 12.6 Å². The molecule has 4 nitrogen and oxygen atoms in total. The highest BCUT2D eigenvalue weighted by molar-refractivity contribution is 7.98. The van der Waals surface area contributed by atoms with Crippen LogP contribution >= 0.6 is 23.1 Å². The van der Waals surface area contributed by atoms with E-state index < -0.39 is 6.10 Å². The van der Waals surface area contributed by atoms with Gasteiger partial charge in [-0.25, -0.2) is 9.97 Å². The summed E-state index contributed by atoms with van der Waals surface area (Å²) in [5.74, 6) is 0.735. The van der Waals surface area contributed by atoms with Gasteiger partial charge in [-0.2, -0.15) is 11.3 Å². The third-order valence-corrected chi connectivity index (χ3v) is 3.60. The summed E-state index contributed by atoms with van der Waals surface area (Å²) in [5, 5.41) is 17.8. The van der Waals surface area contributed by atoms with E-state index in [9.17, 15) is 5.11 Å². The second kappa shape index (κ2) is 6.00. The molecule has 2 aromatic heterocycles. The molecule has 1 atom stereocenters. The van der Waals surface area contributed by atoms with Crippen LogP contribution in [0.25, 0.3) is 0 Å². The summed E-state index contributed by atoms with van der Waals surface area (Å²) in [6.07, 6.45) is 2.98. The van der Waals surface area contributed by atoms with Crippen molar-refractivity contribution in [3.8, 4) is 0 Å². The highest BCUT2D eigenvalue weighted by Gasteiger charge is 2.07. The fourth-order valence-corrected chi connectivity index (χ4v) is 2.42. The highest BCUT2D eigenvalue weighted by Crippen LogP contribution is 2.18. The molecule has 17 heavy (non-hydrogen) atoms. The monoisotopic (exact) mass is 267 g/mol. The molecule has 0 aliphatic rings. The maximum absolute atomic E-state index is 9.89. The number of nitrogens with one attached hydrogen (secondary N) is 1. The second-order valence-corrected chi connectivity index (χ2v) is 5.01. The normalized spacial score (nSPS) is 12.4. The van der Waals surface area contributed by atoms with Gasteiger partial charge in [-0.15, -0.1) is 11.8 Å². The molecule has 0 aliphatic heterocycles. The highest BCUT2D eigenvalue weighted by atomic mass is 32.2. The maximum Gasteiger partial charge on any atom is 0.130 e. The van der Waals surface area contributed by atoms with Crippen molar-refractivity contribution < 1.29 is 5.11 Å². The zero-order valence-corrected chi connectivity index (χ0v) is 11.0. The van der Waals surface area contributed by atoms with E-state index >= 15 is 0 Å². The van der Waals surface area contributed by atoms with Gasteiger partial charge in [0.05, 0.1) is 6.10 Å². The van der Waals surface area contributed by atoms with E-state index in [0.717, 1.165) is 16.4 Å². The van der Waals surface area contributed by atoms with E-state index in [-0.39, 0.29) is 0 Å². The van der Waals surface area contributed by atoms with Crippen molar-refractivity contribution in [2.45, 2.75) is 11.1 Å². The number of thiophene rings is 1. The smallest absolute Gasteiger partial charge is 0.130 e. The molecule has 0 aromatic carbocycles. The average molecular weight is 267 g/mol. The lowest BCUT2D eigenvalue weighted by atomic mass is 10.2. The molecule has 0 aliphatic carbocycles. The number of thioether (sulfide) groups is 1. The van der Waals surface area contributed by atoms with Crippen LogP contribution in [0.4, 0.5) is 5.82 Å². The lowest BCUT2D eigenvalue weighted by Gasteiger charge is -2.11. The summed E-state index contributed by atoms with van der Waals surface area (Å²) in [6.45, 7) is 0.446. The number of aliphatic hydroxyl groups excluding tert-OH is 1. The fourth-order valence-electron chi connectivity index (χ4n) is 1.33. The van der Waals surface area contributed by atoms with Gasteiger partial charge < -0.3 is 10.4 Å². The SMILES string of the molecule is CSc1cc(NCC(O)c2ccsc2)ncn1. The van der Waals surface area contributed by atoms with Crippen LogP contribution in [0, 0.1) is 0 Å². The first kappa shape index (κ1) is 12.3. The van der Waals surface area contributed by atoms with Crippen LogP contribution < -0.4 is 5.32 Å². The second-order valence-electron chi connectivity index (χ2n) is 3.40. The third kappa shape index (κ3) is 3.42. The van der Waals surface area contributed by atoms with Crippen LogP contribution in [-0.2, 0) is 0 Å². The van der Waals surface area contributed by atoms with Gasteiger partial charge in [-0.05, 0) is 28.6 Å². The number of anilines is 1. The van der Waals surface area contributed by atoms with Gasteiger partial charge in [0.1, 0.15) is 17.2 Å². The minimum Gasteiger partial charge on any atom is -0.387 e. The van der Waals surface area contributed by atoms with Crippen molar-refractivity contribution in [2.75, 3.05) is 18.1 Å². The first-order valence-corrected chi connectivity index (χ1v) is 7.26. The zero-order valence-electron chi connectivity index (χ0n) is 9.33. The Balaban J connectivity index is 1.93. The topological polar surface area (TPSA) is 58.0 Å². The molecule has 2 aromatic rings. The van der Waals surface area contributed by atoms with Crippen LogP contribution in [0.1, 0.15) is 11.7 Å². The lowest BCUT2D eigenvalue weighted by Crippen LogP contribution is -2.12. The molecular formula is C11H13N3OS2. The molecule has 2 heterocycles. The Labute approximate surface area is 108 Å². The average Bonchev–Trinajstić information content (AvgIpc) is 2.90. The van der Waals surface area contributed by atoms with Crippen LogP contribution in [0.5, 0.6) is 0 Å². The molecule has 0 amide bonds. The largest absolute Gasteiger partial charge is 0.387 e. The third-order valence-electron chi connectivity index (χ3n) is 2.26. The minimum absolute atomic E-state index is 0.446. The van der Waals surface area contributed by atoms with Crippen molar-refractivity contribution in [1.29, 1.82) is 0 Å². The molecule has 6 heteroatoms. The summed E-state index contributed by atoms with van der Waals surface area (Å²) in [7, 11) is 0. The quantitative estimate of drug-likeness (QED) is 0.643. The number of hydrogen-bond acceptors (Lipinski definition) is 6. The first-order chi connectivity index (χ1) is 8.29. The van der Waals surface area contributed by atoms with Crippen molar-refractivity contribution in [2.24, 2.45) is 0 Å². The molecule has 2 N–H and O–H groups in total. The van der Waals surface area contributed by atoms with E-state index in [2.05, 4.69) is 15.3 Å². The van der Waals surface area contributed by atoms with E-state index in [4.69, 9.17) is 0 Å². The minimum atomic E-state index is -0.506. The Kier molecular flexibility index (Phi) is 4.36. The molecular weight excluding hydrogens is 254 g/mol. The van der Waals surface area contributed by atoms with E-state index in [1.165, 1.54) is 6.33 Å². The Morgan fingerprint density at radius 1 is 1.53 bits per heavy atom. The predicted molar refractivity (Wildman–Crippen MR) is 71.6 cm³/mol. The summed E-state index contributed by atoms with van der Waals surface area (Å²) in [5.41, 5.74) is 0.932. The van der Waals surface area contributed by atoms with Crippen LogP contribution in [-0.4, -0.2) is 27.9 Å². The molecule has 0 radical (unpaired) electrons. The van der Waals surface area contributed by atoms with Crippen molar-refractivity contribution >= 4 is 28.9 Å². The molecule has 0 saturated carbocycles. The van der Waals surface area contributed by atoms with E-state index in [1.807, 2.05) is 29.1 Å².